The largest absolute Gasteiger partial charge is 0.384 e. The van der Waals surface area contributed by atoms with E-state index in [9.17, 15) is 14.3 Å². The van der Waals surface area contributed by atoms with E-state index < -0.39 is 11.4 Å². The number of likely N-dealkylation sites (tertiary alicyclic amines) is 1. The quantitative estimate of drug-likeness (QED) is 0.621. The first kappa shape index (κ1) is 20.4. The molecule has 1 N–H and O–H groups in total. The van der Waals surface area contributed by atoms with E-state index in [1.807, 2.05) is 4.90 Å². The maximum Gasteiger partial charge on any atom is 0.179 e. The Kier molecular flexibility index (Phi) is 5.48. The summed E-state index contributed by atoms with van der Waals surface area (Å²) in [7, 11) is 0. The van der Waals surface area contributed by atoms with Crippen molar-refractivity contribution in [1.29, 1.82) is 0 Å². The van der Waals surface area contributed by atoms with Gasteiger partial charge in [0.25, 0.3) is 0 Å². The van der Waals surface area contributed by atoms with Crippen LogP contribution in [-0.4, -0.2) is 55.6 Å². The van der Waals surface area contributed by atoms with E-state index in [4.69, 9.17) is 4.52 Å². The first-order valence-electron chi connectivity index (χ1n) is 9.92. The van der Waals surface area contributed by atoms with Crippen LogP contribution in [0.5, 0.6) is 0 Å². The highest BCUT2D eigenvalue weighted by molar-refractivity contribution is 6.00. The Labute approximate surface area is 173 Å². The molecule has 0 spiro atoms. The minimum atomic E-state index is -1.07. The maximum absolute atomic E-state index is 13.9. The zero-order chi connectivity index (χ0) is 21.3. The average Bonchev–Trinajstić information content (AvgIpc) is 3.40. The van der Waals surface area contributed by atoms with Gasteiger partial charge in [-0.05, 0) is 51.4 Å². The predicted molar refractivity (Wildman–Crippen MR) is 106 cm³/mol. The second kappa shape index (κ2) is 8.08. The van der Waals surface area contributed by atoms with Gasteiger partial charge in [-0.2, -0.15) is 15.0 Å². The van der Waals surface area contributed by atoms with Gasteiger partial charge in [-0.25, -0.2) is 4.39 Å². The van der Waals surface area contributed by atoms with Crippen LogP contribution in [0.25, 0.3) is 5.69 Å². The van der Waals surface area contributed by atoms with E-state index >= 15 is 0 Å². The topological polar surface area (TPSA) is 97.3 Å². The highest BCUT2D eigenvalue weighted by Gasteiger charge is 2.29. The summed E-state index contributed by atoms with van der Waals surface area (Å²) in [6.45, 7) is 4.86. The average molecular weight is 413 g/mol. The van der Waals surface area contributed by atoms with E-state index in [-0.39, 0.29) is 23.8 Å². The van der Waals surface area contributed by atoms with Gasteiger partial charge in [0.05, 0.1) is 24.6 Å². The predicted octanol–water partition coefficient (Wildman–Crippen LogP) is 2.68. The Morgan fingerprint density at radius 3 is 2.77 bits per heavy atom. The number of halogens is 1. The van der Waals surface area contributed by atoms with Crippen molar-refractivity contribution in [2.75, 3.05) is 19.6 Å². The van der Waals surface area contributed by atoms with E-state index in [2.05, 4.69) is 15.4 Å². The van der Waals surface area contributed by atoms with Gasteiger partial charge in [0.15, 0.2) is 5.78 Å². The van der Waals surface area contributed by atoms with Crippen LogP contribution in [0, 0.1) is 5.82 Å². The van der Waals surface area contributed by atoms with Crippen molar-refractivity contribution >= 4 is 5.78 Å². The highest BCUT2D eigenvalue weighted by atomic mass is 19.1. The first-order valence-corrected chi connectivity index (χ1v) is 9.92. The molecular formula is C21H24FN5O3. The summed E-state index contributed by atoms with van der Waals surface area (Å²) in [6, 6.07) is 5.81. The van der Waals surface area contributed by atoms with Crippen molar-refractivity contribution in [2.24, 2.45) is 0 Å². The molecule has 1 aromatic carbocycles. The van der Waals surface area contributed by atoms with Gasteiger partial charge in [0, 0.05) is 24.1 Å². The number of rotatable bonds is 6. The van der Waals surface area contributed by atoms with Gasteiger partial charge in [0.1, 0.15) is 22.9 Å². The Balaban J connectivity index is 1.49. The smallest absolute Gasteiger partial charge is 0.179 e. The molecule has 3 heterocycles. The van der Waals surface area contributed by atoms with Crippen LogP contribution in [0.3, 0.4) is 0 Å². The molecule has 2 aromatic heterocycles. The molecule has 1 aliphatic heterocycles. The summed E-state index contributed by atoms with van der Waals surface area (Å²) in [5, 5.41) is 22.2. The van der Waals surface area contributed by atoms with E-state index in [0.717, 1.165) is 19.4 Å². The van der Waals surface area contributed by atoms with Gasteiger partial charge in [-0.1, -0.05) is 5.16 Å². The van der Waals surface area contributed by atoms with Crippen LogP contribution in [-0.2, 0) is 5.60 Å². The third-order valence-corrected chi connectivity index (χ3v) is 5.32. The lowest BCUT2D eigenvalue weighted by Crippen LogP contribution is -2.38. The second-order valence-corrected chi connectivity index (χ2v) is 8.15. The monoisotopic (exact) mass is 413 g/mol. The van der Waals surface area contributed by atoms with Gasteiger partial charge >= 0.3 is 0 Å². The third kappa shape index (κ3) is 4.31. The fraction of sp³-hybridized carbons (Fsp3) is 0.429. The van der Waals surface area contributed by atoms with Gasteiger partial charge < -0.3 is 9.63 Å². The van der Waals surface area contributed by atoms with Crippen LogP contribution in [0.2, 0.25) is 0 Å². The Morgan fingerprint density at radius 2 is 2.07 bits per heavy atom. The van der Waals surface area contributed by atoms with Crippen molar-refractivity contribution in [3.05, 3.63) is 59.5 Å². The first-order chi connectivity index (χ1) is 14.3. The molecule has 1 aliphatic rings. The number of hydrogen-bond donors (Lipinski definition) is 1. The molecule has 1 unspecified atom stereocenters. The Hall–Kier alpha value is -2.91. The van der Waals surface area contributed by atoms with Crippen molar-refractivity contribution in [3.63, 3.8) is 0 Å². The molecule has 0 amide bonds. The highest BCUT2D eigenvalue weighted by Crippen LogP contribution is 2.30. The number of nitrogens with zero attached hydrogens (tertiary/aromatic N) is 5. The molecule has 1 saturated heterocycles. The molecule has 8 nitrogen and oxygen atoms in total. The molecule has 0 bridgehead atoms. The number of aromatic nitrogens is 4. The van der Waals surface area contributed by atoms with E-state index in [1.54, 1.807) is 19.9 Å². The van der Waals surface area contributed by atoms with Gasteiger partial charge in [-0.15, -0.1) is 0 Å². The fourth-order valence-electron chi connectivity index (χ4n) is 3.74. The number of carbonyl (C=O) groups is 1. The molecule has 0 aliphatic carbocycles. The maximum atomic E-state index is 13.9. The summed E-state index contributed by atoms with van der Waals surface area (Å²) < 4.78 is 19.3. The summed E-state index contributed by atoms with van der Waals surface area (Å²) in [5.41, 5.74) is 0.115. The van der Waals surface area contributed by atoms with Crippen molar-refractivity contribution < 1.29 is 18.8 Å². The summed E-state index contributed by atoms with van der Waals surface area (Å²) >= 11 is 0. The number of hydrogen-bond acceptors (Lipinski definition) is 7. The number of Topliss-reactive ketones (excluding diaryl/α,β-unsaturated/α-hetero) is 1. The van der Waals surface area contributed by atoms with Crippen LogP contribution < -0.4 is 0 Å². The normalized spacial score (nSPS) is 17.9. The molecular weight excluding hydrogens is 389 g/mol. The summed E-state index contributed by atoms with van der Waals surface area (Å²) in [5.74, 6) is 0.107. The Morgan fingerprint density at radius 1 is 1.30 bits per heavy atom. The fourth-order valence-corrected chi connectivity index (χ4v) is 3.74. The molecule has 30 heavy (non-hydrogen) atoms. The summed E-state index contributed by atoms with van der Waals surface area (Å²) in [4.78, 5) is 16.4. The number of benzene rings is 1. The molecule has 158 valence electrons. The van der Waals surface area contributed by atoms with Crippen LogP contribution in [0.15, 0.2) is 41.2 Å². The summed E-state index contributed by atoms with van der Waals surface area (Å²) in [6.07, 6.45) is 4.82. The molecule has 0 saturated carbocycles. The molecule has 1 atom stereocenters. The minimum Gasteiger partial charge on any atom is -0.384 e. The SMILES string of the molecule is CC(C)(O)c1cc(C2CCCN(CC(=O)c3cc(F)ccc3-n3nccn3)C2)on1. The van der Waals surface area contributed by atoms with Crippen molar-refractivity contribution in [2.45, 2.75) is 38.2 Å². The zero-order valence-corrected chi connectivity index (χ0v) is 17.0. The molecule has 0 radical (unpaired) electrons. The third-order valence-electron chi connectivity index (χ3n) is 5.32. The lowest BCUT2D eigenvalue weighted by atomic mass is 9.93. The van der Waals surface area contributed by atoms with E-state index in [0.29, 0.717) is 23.7 Å². The molecule has 1 fully saturated rings. The standard InChI is InChI=1S/C21H24FN5O3/c1-21(2,29)20-11-19(30-25-20)14-4-3-9-26(12-14)13-18(28)16-10-15(22)5-6-17(16)27-23-7-8-24-27/h5-8,10-11,14,29H,3-4,9,12-13H2,1-2H3. The van der Waals surface area contributed by atoms with Gasteiger partial charge in [0.2, 0.25) is 0 Å². The van der Waals surface area contributed by atoms with Crippen LogP contribution in [0.1, 0.15) is 54.4 Å². The zero-order valence-electron chi connectivity index (χ0n) is 17.0. The second-order valence-electron chi connectivity index (χ2n) is 8.15. The minimum absolute atomic E-state index is 0.0786. The van der Waals surface area contributed by atoms with E-state index in [1.165, 1.54) is 35.4 Å². The van der Waals surface area contributed by atoms with Crippen molar-refractivity contribution in [3.8, 4) is 5.69 Å². The number of piperidine rings is 1. The van der Waals surface area contributed by atoms with Crippen LogP contribution >= 0.6 is 0 Å². The van der Waals surface area contributed by atoms with Crippen LogP contribution in [0.4, 0.5) is 4.39 Å². The van der Waals surface area contributed by atoms with Gasteiger partial charge in [-0.3, -0.25) is 9.69 Å². The van der Waals surface area contributed by atoms with Crippen molar-refractivity contribution in [1.82, 2.24) is 25.1 Å². The molecule has 9 heteroatoms. The number of ketones is 1. The number of aliphatic hydroxyl groups is 1. The molecule has 3 aromatic rings. The lowest BCUT2D eigenvalue weighted by molar-refractivity contribution is 0.0698. The Bertz CT molecular complexity index is 1030. The molecule has 4 rings (SSSR count). The lowest BCUT2D eigenvalue weighted by Gasteiger charge is -2.31. The number of carbonyl (C=O) groups excluding carboxylic acids is 1.